The number of benzene rings is 1. The number of hydrogen-bond acceptors (Lipinski definition) is 4. The zero-order chi connectivity index (χ0) is 14.9. The maximum absolute atomic E-state index is 4.48. The van der Waals surface area contributed by atoms with Crippen molar-refractivity contribution in [1.29, 1.82) is 0 Å². The van der Waals surface area contributed by atoms with E-state index in [1.54, 1.807) is 0 Å². The van der Waals surface area contributed by atoms with Crippen molar-refractivity contribution in [3.05, 3.63) is 66.5 Å². The first kappa shape index (κ1) is 12.8. The SMILES string of the molecule is Cc1cc(NC2=CN(c3ccccc3)CC3=NC=C[NH+]23)n[nH]1. The molecule has 0 bridgehead atoms. The topological polar surface area (TPSA) is 60.8 Å². The van der Waals surface area contributed by atoms with Crippen molar-refractivity contribution < 1.29 is 4.90 Å². The lowest BCUT2D eigenvalue weighted by molar-refractivity contribution is -0.698. The van der Waals surface area contributed by atoms with Crippen molar-refractivity contribution in [3.63, 3.8) is 0 Å². The molecule has 1 unspecified atom stereocenters. The lowest BCUT2D eigenvalue weighted by Crippen LogP contribution is -3.10. The number of para-hydroxylation sites is 1. The van der Waals surface area contributed by atoms with E-state index in [1.807, 2.05) is 43.6 Å². The van der Waals surface area contributed by atoms with Crippen molar-refractivity contribution in [2.75, 3.05) is 16.8 Å². The molecule has 2 aromatic rings. The number of rotatable bonds is 3. The lowest BCUT2D eigenvalue weighted by atomic mass is 10.2. The molecule has 3 heterocycles. The molecule has 0 amide bonds. The smallest absolute Gasteiger partial charge is 0.232 e. The van der Waals surface area contributed by atoms with Crippen LogP contribution in [-0.2, 0) is 0 Å². The van der Waals surface area contributed by atoms with Crippen molar-refractivity contribution >= 4 is 17.3 Å². The number of aromatic nitrogens is 2. The Morgan fingerprint density at radius 3 is 2.91 bits per heavy atom. The number of anilines is 2. The summed E-state index contributed by atoms with van der Waals surface area (Å²) < 4.78 is 0. The molecule has 22 heavy (non-hydrogen) atoms. The number of hydrogen-bond donors (Lipinski definition) is 3. The average molecular weight is 293 g/mol. The summed E-state index contributed by atoms with van der Waals surface area (Å²) in [6.07, 6.45) is 6.00. The zero-order valence-electron chi connectivity index (χ0n) is 12.2. The van der Waals surface area contributed by atoms with E-state index in [0.717, 1.165) is 40.3 Å². The van der Waals surface area contributed by atoms with Crippen molar-refractivity contribution in [3.8, 4) is 0 Å². The number of aliphatic imine (C=N–C) groups is 1. The van der Waals surface area contributed by atoms with Gasteiger partial charge in [0.1, 0.15) is 12.7 Å². The highest BCUT2D eigenvalue weighted by Gasteiger charge is 2.31. The van der Waals surface area contributed by atoms with E-state index in [9.17, 15) is 0 Å². The molecule has 4 rings (SSSR count). The van der Waals surface area contributed by atoms with Crippen LogP contribution in [0.15, 0.2) is 65.8 Å². The summed E-state index contributed by atoms with van der Waals surface area (Å²) in [6.45, 7) is 2.76. The molecule has 0 spiro atoms. The Kier molecular flexibility index (Phi) is 3.01. The molecule has 2 aliphatic heterocycles. The summed E-state index contributed by atoms with van der Waals surface area (Å²) in [7, 11) is 0. The fraction of sp³-hybridized carbons (Fsp3) is 0.125. The fourth-order valence-corrected chi connectivity index (χ4v) is 2.68. The third-order valence-corrected chi connectivity index (χ3v) is 3.73. The Labute approximate surface area is 128 Å². The highest BCUT2D eigenvalue weighted by molar-refractivity contribution is 5.84. The number of quaternary nitrogens is 1. The van der Waals surface area contributed by atoms with Crippen LogP contribution in [0.3, 0.4) is 0 Å². The number of nitrogens with zero attached hydrogens (tertiary/aromatic N) is 3. The summed E-state index contributed by atoms with van der Waals surface area (Å²) in [5.41, 5.74) is 2.17. The average Bonchev–Trinajstić information content (AvgIpc) is 3.17. The normalized spacial score (nSPS) is 19.7. The molecule has 6 heteroatoms. The summed E-state index contributed by atoms with van der Waals surface area (Å²) in [5, 5.41) is 10.6. The Morgan fingerprint density at radius 1 is 1.27 bits per heavy atom. The fourth-order valence-electron chi connectivity index (χ4n) is 2.68. The Hall–Kier alpha value is -2.86. The van der Waals surface area contributed by atoms with Gasteiger partial charge in [-0.3, -0.25) is 10.4 Å². The molecule has 1 aromatic carbocycles. The molecular weight excluding hydrogens is 276 g/mol. The highest BCUT2D eigenvalue weighted by Crippen LogP contribution is 2.17. The van der Waals surface area contributed by atoms with E-state index in [4.69, 9.17) is 0 Å². The number of nitrogens with one attached hydrogen (secondary N) is 3. The van der Waals surface area contributed by atoms with Crippen LogP contribution in [0.4, 0.5) is 11.5 Å². The second kappa shape index (κ2) is 5.16. The van der Waals surface area contributed by atoms with E-state index in [-0.39, 0.29) is 0 Å². The molecule has 0 saturated carbocycles. The molecule has 0 fully saturated rings. The maximum Gasteiger partial charge on any atom is 0.232 e. The number of amidine groups is 1. The van der Waals surface area contributed by atoms with Gasteiger partial charge in [-0.2, -0.15) is 5.10 Å². The minimum absolute atomic E-state index is 0.775. The first-order chi connectivity index (χ1) is 10.8. The van der Waals surface area contributed by atoms with Crippen LogP contribution < -0.4 is 15.1 Å². The minimum atomic E-state index is 0.775. The number of fused-ring (bicyclic) bond motifs is 1. The highest BCUT2D eigenvalue weighted by atomic mass is 15.4. The van der Waals surface area contributed by atoms with E-state index < -0.39 is 0 Å². The van der Waals surface area contributed by atoms with Gasteiger partial charge in [0.15, 0.2) is 5.82 Å². The van der Waals surface area contributed by atoms with Gasteiger partial charge >= 0.3 is 0 Å². The van der Waals surface area contributed by atoms with Crippen LogP contribution >= 0.6 is 0 Å². The minimum Gasteiger partial charge on any atom is -0.329 e. The molecule has 1 atom stereocenters. The summed E-state index contributed by atoms with van der Waals surface area (Å²) >= 11 is 0. The standard InChI is InChI=1S/C16H16N6/c1-12-9-14(20-19-12)18-16-11-21(13-5-3-2-4-6-13)10-15-17-7-8-22(15)16/h2-9,11H,10H2,1H3,(H2,18,19,20)/p+1. The molecule has 3 N–H and O–H groups in total. The Morgan fingerprint density at radius 2 is 2.14 bits per heavy atom. The monoisotopic (exact) mass is 293 g/mol. The first-order valence-electron chi connectivity index (χ1n) is 7.23. The predicted molar refractivity (Wildman–Crippen MR) is 86.4 cm³/mol. The molecule has 110 valence electrons. The van der Waals surface area contributed by atoms with Gasteiger partial charge in [-0.15, -0.1) is 0 Å². The summed E-state index contributed by atoms with van der Waals surface area (Å²) in [6, 6.07) is 12.3. The quantitative estimate of drug-likeness (QED) is 0.797. The van der Waals surface area contributed by atoms with E-state index in [2.05, 4.69) is 43.7 Å². The van der Waals surface area contributed by atoms with Crippen LogP contribution in [0, 0.1) is 6.92 Å². The van der Waals surface area contributed by atoms with E-state index in [1.165, 1.54) is 0 Å². The second-order valence-electron chi connectivity index (χ2n) is 5.37. The number of H-pyrrole nitrogens is 1. The van der Waals surface area contributed by atoms with Gasteiger partial charge in [0.2, 0.25) is 11.7 Å². The Balaban J connectivity index is 1.68. The molecule has 2 aliphatic rings. The predicted octanol–water partition coefficient (Wildman–Crippen LogP) is 1.22. The third kappa shape index (κ3) is 2.29. The zero-order valence-corrected chi connectivity index (χ0v) is 12.2. The van der Waals surface area contributed by atoms with Gasteiger partial charge < -0.3 is 4.90 Å². The summed E-state index contributed by atoms with van der Waals surface area (Å²) in [4.78, 5) is 7.80. The maximum atomic E-state index is 4.48. The first-order valence-corrected chi connectivity index (χ1v) is 7.23. The molecule has 1 aromatic heterocycles. The van der Waals surface area contributed by atoms with E-state index in [0.29, 0.717) is 0 Å². The van der Waals surface area contributed by atoms with Gasteiger partial charge in [0.25, 0.3) is 0 Å². The largest absolute Gasteiger partial charge is 0.329 e. The molecule has 6 nitrogen and oxygen atoms in total. The van der Waals surface area contributed by atoms with Crippen LogP contribution in [0.2, 0.25) is 0 Å². The van der Waals surface area contributed by atoms with Crippen molar-refractivity contribution in [2.24, 2.45) is 4.99 Å². The third-order valence-electron chi connectivity index (χ3n) is 3.73. The van der Waals surface area contributed by atoms with Gasteiger partial charge in [-0.1, -0.05) is 18.2 Å². The lowest BCUT2D eigenvalue weighted by Gasteiger charge is -2.28. The number of aryl methyl sites for hydroxylation is 1. The van der Waals surface area contributed by atoms with Gasteiger partial charge in [0, 0.05) is 17.4 Å². The molecular formula is C16H17N6+. The van der Waals surface area contributed by atoms with Crippen molar-refractivity contribution in [2.45, 2.75) is 6.92 Å². The number of aromatic amines is 1. The van der Waals surface area contributed by atoms with Crippen LogP contribution in [0.1, 0.15) is 5.69 Å². The van der Waals surface area contributed by atoms with Crippen LogP contribution in [0.5, 0.6) is 0 Å². The van der Waals surface area contributed by atoms with Crippen LogP contribution in [0.25, 0.3) is 0 Å². The van der Waals surface area contributed by atoms with Gasteiger partial charge in [-0.05, 0) is 19.1 Å². The molecule has 0 saturated heterocycles. The van der Waals surface area contributed by atoms with Gasteiger partial charge in [-0.25, -0.2) is 9.89 Å². The summed E-state index contributed by atoms with van der Waals surface area (Å²) in [5.74, 6) is 2.89. The van der Waals surface area contributed by atoms with Crippen LogP contribution in [-0.4, -0.2) is 22.6 Å². The van der Waals surface area contributed by atoms with Crippen molar-refractivity contribution in [1.82, 2.24) is 10.2 Å². The molecule has 0 aliphatic carbocycles. The second-order valence-corrected chi connectivity index (χ2v) is 5.37. The molecule has 0 radical (unpaired) electrons. The Bertz CT molecular complexity index is 771. The van der Waals surface area contributed by atoms with Gasteiger partial charge in [0.05, 0.1) is 12.4 Å². The van der Waals surface area contributed by atoms with E-state index >= 15 is 0 Å².